The normalized spacial score (nSPS) is 13.4. The second-order valence-corrected chi connectivity index (χ2v) is 6.88. The molecule has 0 saturated heterocycles. The Kier molecular flexibility index (Phi) is 5.08. The second-order valence-electron chi connectivity index (χ2n) is 6.88. The Balaban J connectivity index is 1.67. The highest BCUT2D eigenvalue weighted by atomic mass is 19.1. The lowest BCUT2D eigenvalue weighted by Crippen LogP contribution is -2.32. The number of carbonyl (C=O) groups excluding carboxylic acids is 1. The monoisotopic (exact) mass is 391 g/mol. The SMILES string of the molecule is O=C(O)C(F)C(CCc1ccccn1)C(=O)c1ccc2oc3ccccc3c2c1. The molecule has 0 aliphatic carbocycles. The van der Waals surface area contributed by atoms with Gasteiger partial charge in [0.1, 0.15) is 11.2 Å². The molecule has 29 heavy (non-hydrogen) atoms. The lowest BCUT2D eigenvalue weighted by Gasteiger charge is -2.17. The van der Waals surface area contributed by atoms with Gasteiger partial charge in [-0.2, -0.15) is 0 Å². The Morgan fingerprint density at radius 3 is 2.52 bits per heavy atom. The predicted molar refractivity (Wildman–Crippen MR) is 107 cm³/mol. The van der Waals surface area contributed by atoms with Gasteiger partial charge in [-0.25, -0.2) is 9.18 Å². The van der Waals surface area contributed by atoms with Crippen molar-refractivity contribution in [1.82, 2.24) is 4.98 Å². The van der Waals surface area contributed by atoms with Crippen LogP contribution < -0.4 is 0 Å². The molecule has 2 aromatic heterocycles. The minimum atomic E-state index is -2.29. The molecule has 0 spiro atoms. The summed E-state index contributed by atoms with van der Waals surface area (Å²) in [6.07, 6.45) is -0.327. The number of rotatable bonds is 7. The predicted octanol–water partition coefficient (Wildman–Crippen LogP) is 4.84. The number of carbonyl (C=O) groups is 2. The minimum Gasteiger partial charge on any atom is -0.479 e. The van der Waals surface area contributed by atoms with Crippen molar-refractivity contribution in [2.75, 3.05) is 0 Å². The van der Waals surface area contributed by atoms with Gasteiger partial charge in [-0.15, -0.1) is 0 Å². The summed E-state index contributed by atoms with van der Waals surface area (Å²) in [6.45, 7) is 0. The number of halogens is 1. The summed E-state index contributed by atoms with van der Waals surface area (Å²) in [5.74, 6) is -3.48. The van der Waals surface area contributed by atoms with E-state index in [1.54, 1.807) is 42.6 Å². The number of hydrogen-bond acceptors (Lipinski definition) is 4. The maximum Gasteiger partial charge on any atom is 0.339 e. The van der Waals surface area contributed by atoms with Gasteiger partial charge in [-0.3, -0.25) is 9.78 Å². The van der Waals surface area contributed by atoms with Crippen LogP contribution >= 0.6 is 0 Å². The average molecular weight is 391 g/mol. The third-order valence-corrected chi connectivity index (χ3v) is 5.02. The first-order valence-electron chi connectivity index (χ1n) is 9.27. The van der Waals surface area contributed by atoms with Crippen LogP contribution in [-0.2, 0) is 11.2 Å². The van der Waals surface area contributed by atoms with Crippen LogP contribution in [0.5, 0.6) is 0 Å². The van der Waals surface area contributed by atoms with Crippen molar-refractivity contribution in [2.24, 2.45) is 5.92 Å². The molecule has 2 aromatic carbocycles. The molecule has 2 heterocycles. The molecule has 6 heteroatoms. The van der Waals surface area contributed by atoms with Crippen LogP contribution in [0.15, 0.2) is 71.3 Å². The van der Waals surface area contributed by atoms with Gasteiger partial charge in [0.05, 0.1) is 5.92 Å². The van der Waals surface area contributed by atoms with Gasteiger partial charge in [0.15, 0.2) is 5.78 Å². The Labute approximate surface area is 165 Å². The van der Waals surface area contributed by atoms with Crippen molar-refractivity contribution in [3.63, 3.8) is 0 Å². The number of nitrogens with zero attached hydrogens (tertiary/aromatic N) is 1. The molecule has 4 aromatic rings. The Bertz CT molecular complexity index is 1190. The number of aromatic nitrogens is 1. The maximum absolute atomic E-state index is 14.5. The van der Waals surface area contributed by atoms with Crippen LogP contribution in [0.3, 0.4) is 0 Å². The molecule has 0 saturated carbocycles. The van der Waals surface area contributed by atoms with Crippen LogP contribution in [0.4, 0.5) is 4.39 Å². The Hall–Kier alpha value is -3.54. The molecule has 5 nitrogen and oxygen atoms in total. The van der Waals surface area contributed by atoms with E-state index in [4.69, 9.17) is 9.52 Å². The number of ketones is 1. The zero-order chi connectivity index (χ0) is 20.4. The number of aryl methyl sites for hydroxylation is 1. The second kappa shape index (κ2) is 7.83. The third-order valence-electron chi connectivity index (χ3n) is 5.02. The van der Waals surface area contributed by atoms with Gasteiger partial charge < -0.3 is 9.52 Å². The largest absolute Gasteiger partial charge is 0.479 e. The minimum absolute atomic E-state index is 0.0491. The number of Topliss-reactive ketones (excluding diaryl/α,β-unsaturated/α-hetero) is 1. The molecule has 2 unspecified atom stereocenters. The highest BCUT2D eigenvalue weighted by molar-refractivity contribution is 6.09. The lowest BCUT2D eigenvalue weighted by molar-refractivity contribution is -0.144. The number of para-hydroxylation sites is 1. The number of carboxylic acids is 1. The Morgan fingerprint density at radius 2 is 1.76 bits per heavy atom. The number of carboxylic acid groups (broad SMARTS) is 1. The number of furan rings is 1. The quantitative estimate of drug-likeness (QED) is 0.456. The summed E-state index contributed by atoms with van der Waals surface area (Å²) in [5.41, 5.74) is 2.24. The van der Waals surface area contributed by atoms with E-state index in [9.17, 15) is 14.0 Å². The first-order valence-corrected chi connectivity index (χ1v) is 9.27. The number of hydrogen-bond donors (Lipinski definition) is 1. The van der Waals surface area contributed by atoms with Gasteiger partial charge in [0.2, 0.25) is 6.17 Å². The van der Waals surface area contributed by atoms with Crippen molar-refractivity contribution >= 4 is 33.7 Å². The average Bonchev–Trinajstić information content (AvgIpc) is 3.12. The topological polar surface area (TPSA) is 80.4 Å². The number of benzene rings is 2. The first-order chi connectivity index (χ1) is 14.0. The highest BCUT2D eigenvalue weighted by Crippen LogP contribution is 2.30. The number of fused-ring (bicyclic) bond motifs is 3. The summed E-state index contributed by atoms with van der Waals surface area (Å²) in [6, 6.07) is 17.6. The van der Waals surface area contributed by atoms with Crippen LogP contribution in [-0.4, -0.2) is 28.0 Å². The van der Waals surface area contributed by atoms with Crippen molar-refractivity contribution < 1.29 is 23.5 Å². The number of alkyl halides is 1. The van der Waals surface area contributed by atoms with Gasteiger partial charge in [0.25, 0.3) is 0 Å². The van der Waals surface area contributed by atoms with Crippen molar-refractivity contribution in [2.45, 2.75) is 19.0 Å². The van der Waals surface area contributed by atoms with Crippen molar-refractivity contribution in [3.8, 4) is 0 Å². The molecular weight excluding hydrogens is 373 g/mol. The van der Waals surface area contributed by atoms with Crippen molar-refractivity contribution in [1.29, 1.82) is 0 Å². The number of pyridine rings is 1. The fourth-order valence-electron chi connectivity index (χ4n) is 3.53. The molecule has 0 aliphatic rings. The molecule has 146 valence electrons. The standard InChI is InChI=1S/C23H18FNO4/c24-21(23(27)28)17(10-9-15-5-3-4-12-25-15)22(26)14-8-11-20-18(13-14)16-6-1-2-7-19(16)29-20/h1-8,11-13,17,21H,9-10H2,(H,27,28). The van der Waals surface area contributed by atoms with Crippen LogP contribution in [0.1, 0.15) is 22.5 Å². The molecule has 4 rings (SSSR count). The van der Waals surface area contributed by atoms with Crippen molar-refractivity contribution in [3.05, 3.63) is 78.1 Å². The van der Waals surface area contributed by atoms with Gasteiger partial charge in [-0.1, -0.05) is 24.3 Å². The van der Waals surface area contributed by atoms with E-state index in [0.717, 1.165) is 10.8 Å². The van der Waals surface area contributed by atoms with Crippen LogP contribution in [0.2, 0.25) is 0 Å². The first kappa shape index (κ1) is 18.8. The van der Waals surface area contributed by atoms with E-state index in [1.807, 2.05) is 24.3 Å². The molecule has 1 N–H and O–H groups in total. The molecule has 0 radical (unpaired) electrons. The zero-order valence-corrected chi connectivity index (χ0v) is 15.4. The summed E-state index contributed by atoms with van der Waals surface area (Å²) in [7, 11) is 0. The van der Waals surface area contributed by atoms with Gasteiger partial charge >= 0.3 is 5.97 Å². The summed E-state index contributed by atoms with van der Waals surface area (Å²) in [4.78, 5) is 28.5. The van der Waals surface area contributed by atoms with Gasteiger partial charge in [0, 0.05) is 28.2 Å². The van der Waals surface area contributed by atoms with E-state index >= 15 is 0 Å². The van der Waals surface area contributed by atoms with E-state index in [-0.39, 0.29) is 12.0 Å². The molecule has 2 atom stereocenters. The maximum atomic E-state index is 14.5. The van der Waals surface area contributed by atoms with E-state index in [2.05, 4.69) is 4.98 Å². The van der Waals surface area contributed by atoms with Crippen LogP contribution in [0, 0.1) is 5.92 Å². The van der Waals surface area contributed by atoms with Gasteiger partial charge in [-0.05, 0) is 49.2 Å². The highest BCUT2D eigenvalue weighted by Gasteiger charge is 2.34. The zero-order valence-electron chi connectivity index (χ0n) is 15.4. The fraction of sp³-hybridized carbons (Fsp3) is 0.174. The van der Waals surface area contributed by atoms with E-state index in [1.165, 1.54) is 0 Å². The van der Waals surface area contributed by atoms with E-state index < -0.39 is 23.8 Å². The number of aliphatic carboxylic acids is 1. The fourth-order valence-corrected chi connectivity index (χ4v) is 3.53. The van der Waals surface area contributed by atoms with E-state index in [0.29, 0.717) is 23.3 Å². The summed E-state index contributed by atoms with van der Waals surface area (Å²) in [5, 5.41) is 10.7. The summed E-state index contributed by atoms with van der Waals surface area (Å²) >= 11 is 0. The molecule has 0 amide bonds. The Morgan fingerprint density at radius 1 is 1.00 bits per heavy atom. The smallest absolute Gasteiger partial charge is 0.339 e. The summed E-state index contributed by atoms with van der Waals surface area (Å²) < 4.78 is 20.2. The molecule has 0 bridgehead atoms. The molecule has 0 aliphatic heterocycles. The molecular formula is C23H18FNO4. The van der Waals surface area contributed by atoms with Crippen LogP contribution in [0.25, 0.3) is 21.9 Å². The lowest BCUT2D eigenvalue weighted by atomic mass is 9.88. The molecule has 0 fully saturated rings. The third kappa shape index (κ3) is 3.74.